The van der Waals surface area contributed by atoms with Crippen LogP contribution in [0.5, 0.6) is 0 Å². The molecule has 0 N–H and O–H groups in total. The first-order chi connectivity index (χ1) is 31.8. The van der Waals surface area contributed by atoms with E-state index >= 15 is 0 Å². The van der Waals surface area contributed by atoms with Crippen LogP contribution in [0.15, 0.2) is 212 Å². The van der Waals surface area contributed by atoms with Gasteiger partial charge in [0.1, 0.15) is 11.6 Å². The molecule has 0 bridgehead atoms. The fraction of sp³-hybridized carbons (Fsp3) is 0. The van der Waals surface area contributed by atoms with Gasteiger partial charge in [-0.05, 0) is 65.7 Å². The average molecular weight is 834 g/mol. The van der Waals surface area contributed by atoms with E-state index in [-0.39, 0.29) is 0 Å². The van der Waals surface area contributed by atoms with E-state index in [4.69, 9.17) is 9.97 Å². The van der Waals surface area contributed by atoms with E-state index in [1.165, 1.54) is 52.5 Å². The number of hydrogen-bond donors (Lipinski definition) is 0. The van der Waals surface area contributed by atoms with Crippen LogP contribution >= 0.6 is 11.3 Å². The molecule has 0 unspecified atom stereocenters. The van der Waals surface area contributed by atoms with E-state index in [1.54, 1.807) is 0 Å². The highest BCUT2D eigenvalue weighted by Gasteiger charge is 2.25. The van der Waals surface area contributed by atoms with Crippen LogP contribution in [0.2, 0.25) is 0 Å². The Morgan fingerprint density at radius 1 is 0.312 bits per heavy atom. The topological polar surface area (TPSA) is 40.6 Å². The highest BCUT2D eigenvalue weighted by molar-refractivity contribution is 7.25. The largest absolute Gasteiger partial charge is 0.308 e. The summed E-state index contributed by atoms with van der Waals surface area (Å²) in [5.41, 5.74) is 10.8. The monoisotopic (exact) mass is 833 g/mol. The number of rotatable bonds is 5. The quantitative estimate of drug-likeness (QED) is 0.173. The molecule has 0 atom stereocenters. The molecular weight excluding hydrogens is 799 g/mol. The van der Waals surface area contributed by atoms with Crippen molar-refractivity contribution in [2.24, 2.45) is 0 Å². The molecule has 5 aromatic heterocycles. The van der Waals surface area contributed by atoms with Crippen LogP contribution in [0.1, 0.15) is 0 Å². The number of aromatic nitrogens is 5. The zero-order chi connectivity index (χ0) is 41.9. The predicted octanol–water partition coefficient (Wildman–Crippen LogP) is 15.5. The Kier molecular flexibility index (Phi) is 7.49. The molecule has 0 saturated carbocycles. The molecule has 0 aliphatic carbocycles. The van der Waals surface area contributed by atoms with Crippen molar-refractivity contribution in [3.63, 3.8) is 0 Å². The summed E-state index contributed by atoms with van der Waals surface area (Å²) in [5, 5.41) is 9.61. The molecule has 6 heteroatoms. The van der Waals surface area contributed by atoms with Crippen LogP contribution in [0.3, 0.4) is 0 Å². The molecule has 5 nitrogen and oxygen atoms in total. The molecule has 64 heavy (non-hydrogen) atoms. The molecule has 5 heterocycles. The zero-order valence-electron chi connectivity index (χ0n) is 34.4. The minimum absolute atomic E-state index is 0.639. The Bertz CT molecular complexity index is 3930. The second-order valence-corrected chi connectivity index (χ2v) is 17.6. The Hall–Kier alpha value is -8.32. The first-order valence-corrected chi connectivity index (χ1v) is 22.5. The van der Waals surface area contributed by atoms with Gasteiger partial charge in [0.15, 0.2) is 5.82 Å². The third kappa shape index (κ3) is 5.00. The number of hydrogen-bond acceptors (Lipinski definition) is 3. The SMILES string of the molecule is c1cc(-c2cccc3sc4ccccc4c23)c(-c2nc(-n3c4ccccc4c4ccccc43)cc(-n3c4ccccc4c4ccccc43)n2)c(-n2c3ccccc3c3ccccc32)c1. The second-order valence-electron chi connectivity index (χ2n) is 16.5. The second kappa shape index (κ2) is 13.6. The van der Waals surface area contributed by atoms with Gasteiger partial charge in [0, 0.05) is 58.6 Å². The highest BCUT2D eigenvalue weighted by Crippen LogP contribution is 2.46. The van der Waals surface area contributed by atoms with Crippen LogP contribution in [-0.4, -0.2) is 23.7 Å². The fourth-order valence-electron chi connectivity index (χ4n) is 10.5. The first kappa shape index (κ1) is 35.3. The van der Waals surface area contributed by atoms with Crippen LogP contribution in [0.4, 0.5) is 0 Å². The number of fused-ring (bicyclic) bond motifs is 12. The summed E-state index contributed by atoms with van der Waals surface area (Å²) in [5.74, 6) is 2.23. The third-order valence-electron chi connectivity index (χ3n) is 13.1. The maximum Gasteiger partial charge on any atom is 0.166 e. The normalized spacial score (nSPS) is 12.1. The Morgan fingerprint density at radius 3 is 1.17 bits per heavy atom. The lowest BCUT2D eigenvalue weighted by atomic mass is 9.93. The lowest BCUT2D eigenvalue weighted by Gasteiger charge is -2.20. The molecular formula is C58H35N5S. The summed E-state index contributed by atoms with van der Waals surface area (Å²) < 4.78 is 9.58. The molecule has 9 aromatic carbocycles. The Morgan fingerprint density at radius 2 is 0.688 bits per heavy atom. The maximum atomic E-state index is 5.79. The maximum absolute atomic E-state index is 5.79. The zero-order valence-corrected chi connectivity index (χ0v) is 35.2. The van der Waals surface area contributed by atoms with Gasteiger partial charge >= 0.3 is 0 Å². The van der Waals surface area contributed by atoms with E-state index in [0.717, 1.165) is 67.1 Å². The number of thiophene rings is 1. The predicted molar refractivity (Wildman–Crippen MR) is 269 cm³/mol. The molecule has 0 saturated heterocycles. The van der Waals surface area contributed by atoms with Gasteiger partial charge in [-0.3, -0.25) is 9.13 Å². The van der Waals surface area contributed by atoms with Crippen LogP contribution in [-0.2, 0) is 0 Å². The van der Waals surface area contributed by atoms with E-state index in [2.05, 4.69) is 226 Å². The van der Waals surface area contributed by atoms with Crippen molar-refractivity contribution in [1.82, 2.24) is 23.7 Å². The van der Waals surface area contributed by atoms with Gasteiger partial charge in [0.2, 0.25) is 0 Å². The molecule has 14 rings (SSSR count). The van der Waals surface area contributed by atoms with Gasteiger partial charge in [0.25, 0.3) is 0 Å². The van der Waals surface area contributed by atoms with Gasteiger partial charge in [0.05, 0.1) is 44.4 Å². The van der Waals surface area contributed by atoms with Crippen molar-refractivity contribution < 1.29 is 0 Å². The third-order valence-corrected chi connectivity index (χ3v) is 14.2. The van der Waals surface area contributed by atoms with Gasteiger partial charge < -0.3 is 4.57 Å². The minimum Gasteiger partial charge on any atom is -0.308 e. The van der Waals surface area contributed by atoms with E-state index < -0.39 is 0 Å². The Balaban J connectivity index is 1.18. The van der Waals surface area contributed by atoms with E-state index in [0.29, 0.717) is 5.82 Å². The molecule has 0 aliphatic rings. The van der Waals surface area contributed by atoms with Crippen molar-refractivity contribution in [3.05, 3.63) is 212 Å². The standard InChI is InChI=1S/C58H35N5S/c1-8-26-45-36(17-1)37-18-2-9-27-46(37)61(45)51-32-15-24-43(42-25-16-34-53-56(42)44-23-7-14-33-52(44)64-53)57(51)58-59-54(62-47-28-10-3-19-38(47)39-20-4-11-29-48(39)62)35-55(60-58)63-49-30-12-5-21-40(49)41-22-6-13-31-50(41)63/h1-35H. The van der Waals surface area contributed by atoms with Crippen LogP contribution < -0.4 is 0 Å². The fourth-order valence-corrected chi connectivity index (χ4v) is 11.6. The summed E-state index contributed by atoms with van der Waals surface area (Å²) in [6.07, 6.45) is 0. The van der Waals surface area contributed by atoms with Crippen molar-refractivity contribution >= 4 is 96.9 Å². The van der Waals surface area contributed by atoms with Crippen LogP contribution in [0, 0.1) is 0 Å². The number of benzene rings is 9. The van der Waals surface area contributed by atoms with Crippen molar-refractivity contribution in [3.8, 4) is 39.8 Å². The van der Waals surface area contributed by atoms with Gasteiger partial charge in [-0.2, -0.15) is 0 Å². The lowest BCUT2D eigenvalue weighted by molar-refractivity contribution is 0.991. The highest BCUT2D eigenvalue weighted by atomic mass is 32.1. The molecule has 0 spiro atoms. The molecule has 0 aliphatic heterocycles. The molecule has 0 radical (unpaired) electrons. The van der Waals surface area contributed by atoms with Crippen molar-refractivity contribution in [2.75, 3.05) is 0 Å². The van der Waals surface area contributed by atoms with Gasteiger partial charge in [-0.15, -0.1) is 11.3 Å². The summed E-state index contributed by atoms with van der Waals surface area (Å²) in [6.45, 7) is 0. The summed E-state index contributed by atoms with van der Waals surface area (Å²) in [6, 6.07) is 76.5. The van der Waals surface area contributed by atoms with E-state index in [1.807, 2.05) is 11.3 Å². The van der Waals surface area contributed by atoms with Crippen molar-refractivity contribution in [2.45, 2.75) is 0 Å². The van der Waals surface area contributed by atoms with Crippen LogP contribution in [0.25, 0.3) is 125 Å². The van der Waals surface area contributed by atoms with Gasteiger partial charge in [-0.25, -0.2) is 9.97 Å². The number of para-hydroxylation sites is 6. The molecule has 0 fully saturated rings. The molecule has 14 aromatic rings. The number of nitrogens with zero attached hydrogens (tertiary/aromatic N) is 5. The smallest absolute Gasteiger partial charge is 0.166 e. The van der Waals surface area contributed by atoms with E-state index in [9.17, 15) is 0 Å². The average Bonchev–Trinajstić information content (AvgIpc) is 4.10. The van der Waals surface area contributed by atoms with Crippen molar-refractivity contribution in [1.29, 1.82) is 0 Å². The molecule has 0 amide bonds. The summed E-state index contributed by atoms with van der Waals surface area (Å²) >= 11 is 1.84. The summed E-state index contributed by atoms with van der Waals surface area (Å²) in [4.78, 5) is 11.6. The molecule has 298 valence electrons. The first-order valence-electron chi connectivity index (χ1n) is 21.7. The lowest BCUT2D eigenvalue weighted by Crippen LogP contribution is -2.08. The Labute approximate surface area is 371 Å². The minimum atomic E-state index is 0.639. The summed E-state index contributed by atoms with van der Waals surface area (Å²) in [7, 11) is 0. The van der Waals surface area contributed by atoms with Gasteiger partial charge in [-0.1, -0.05) is 152 Å².